The first-order chi connectivity index (χ1) is 37.9. The molecule has 4 fully saturated rings. The lowest BCUT2D eigenvalue weighted by Crippen LogP contribution is -2.60. The third-order valence-corrected chi connectivity index (χ3v) is 15.9. The molecule has 6 heterocycles. The maximum Gasteiger partial charge on any atom is 0.337 e. The van der Waals surface area contributed by atoms with Crippen LogP contribution in [0.4, 0.5) is 16.0 Å². The van der Waals surface area contributed by atoms with Crippen LogP contribution in [0.3, 0.4) is 0 Å². The van der Waals surface area contributed by atoms with Gasteiger partial charge in [-0.15, -0.1) is 0 Å². The van der Waals surface area contributed by atoms with Crippen LogP contribution in [0.5, 0.6) is 11.5 Å². The van der Waals surface area contributed by atoms with Gasteiger partial charge in [-0.25, -0.2) is 23.9 Å². The molecule has 4 aliphatic rings. The molecular formula is C57H46Cl5FN6O10. The number of aromatic nitrogens is 4. The van der Waals surface area contributed by atoms with Crippen LogP contribution in [-0.4, -0.2) is 78.8 Å². The predicted molar refractivity (Wildman–Crippen MR) is 294 cm³/mol. The molecule has 0 bridgehead atoms. The van der Waals surface area contributed by atoms with Crippen molar-refractivity contribution in [1.29, 1.82) is 0 Å². The third-order valence-electron chi connectivity index (χ3n) is 14.3. The lowest BCUT2D eigenvalue weighted by Gasteiger charge is -2.47. The van der Waals surface area contributed by atoms with Crippen LogP contribution < -0.4 is 19.3 Å². The standard InChI is InChI=1S/C29H25Cl2N3O5.C28H21Cl3FN3O5/c1-16-3-2-4-22(30)25(16)26-20(27(39-33-26)17-5-6-17)13-38-19-7-8-21(23(31)12-19)29(37)14-34(15-29)24-11-18(28(35)36)9-10-32-24;29-20-9-17(4-5-19(20)28(38)12-35(13-28)23-6-3-15(10-33-23)27(36)37)39-11-18-25(34-40-26(18)14-1-2-14)24-21(30)7-16(32)8-22(24)31/h2-4,7-12,17,37H,5-6,13-15H2,1H3,(H,35,36);3-10,14,38H,1-2,11-13H2,(H,36,37). The summed E-state index contributed by atoms with van der Waals surface area (Å²) in [7, 11) is 0. The number of rotatable bonds is 16. The van der Waals surface area contributed by atoms with Crippen LogP contribution >= 0.6 is 58.0 Å². The second kappa shape index (κ2) is 21.6. The summed E-state index contributed by atoms with van der Waals surface area (Å²) in [5, 5.41) is 50.8. The minimum atomic E-state index is -1.21. The fourth-order valence-corrected chi connectivity index (χ4v) is 11.5. The van der Waals surface area contributed by atoms with Crippen LogP contribution in [-0.2, 0) is 24.4 Å². The first-order valence-corrected chi connectivity index (χ1v) is 26.8. The van der Waals surface area contributed by atoms with Crippen molar-refractivity contribution in [1.82, 2.24) is 20.3 Å². The van der Waals surface area contributed by atoms with E-state index in [0.29, 0.717) is 83.5 Å². The zero-order valence-corrected chi connectivity index (χ0v) is 45.5. The maximum absolute atomic E-state index is 13.8. The maximum atomic E-state index is 13.8. The van der Waals surface area contributed by atoms with Crippen molar-refractivity contribution in [2.75, 3.05) is 36.0 Å². The summed E-state index contributed by atoms with van der Waals surface area (Å²) in [6.07, 6.45) is 6.74. The Kier molecular flexibility index (Phi) is 14.8. The van der Waals surface area contributed by atoms with E-state index in [1.54, 1.807) is 47.4 Å². The van der Waals surface area contributed by atoms with Crippen LogP contribution in [0.1, 0.15) is 97.6 Å². The average Bonchev–Trinajstić information content (AvgIpc) is 4.51. The Hall–Kier alpha value is -6.96. The van der Waals surface area contributed by atoms with Gasteiger partial charge in [0.25, 0.3) is 0 Å². The number of halogens is 6. The highest BCUT2D eigenvalue weighted by Crippen LogP contribution is 2.48. The van der Waals surface area contributed by atoms with Crippen LogP contribution in [0, 0.1) is 12.7 Å². The Morgan fingerprint density at radius 1 is 0.620 bits per heavy atom. The van der Waals surface area contributed by atoms with Gasteiger partial charge in [-0.2, -0.15) is 0 Å². The molecule has 4 aromatic carbocycles. The first-order valence-electron chi connectivity index (χ1n) is 24.9. The molecule has 16 nitrogen and oxygen atoms in total. The predicted octanol–water partition coefficient (Wildman–Crippen LogP) is 12.9. The van der Waals surface area contributed by atoms with Crippen molar-refractivity contribution >= 4 is 81.6 Å². The summed E-state index contributed by atoms with van der Waals surface area (Å²) < 4.78 is 37.4. The lowest BCUT2D eigenvalue weighted by molar-refractivity contribution is 0.00674. The second-order valence-corrected chi connectivity index (χ2v) is 22.1. The van der Waals surface area contributed by atoms with E-state index in [-0.39, 0.29) is 66.5 Å². The number of nitrogens with zero attached hydrogens (tertiary/aromatic N) is 6. The molecule has 79 heavy (non-hydrogen) atoms. The van der Waals surface area contributed by atoms with Crippen molar-refractivity contribution in [3.8, 4) is 34.0 Å². The topological polar surface area (TPSA) is 218 Å². The first kappa shape index (κ1) is 54.0. The second-order valence-electron chi connectivity index (χ2n) is 20.0. The Balaban J connectivity index is 0.000000167. The largest absolute Gasteiger partial charge is 0.489 e. The van der Waals surface area contributed by atoms with E-state index >= 15 is 0 Å². The summed E-state index contributed by atoms with van der Waals surface area (Å²) in [5.41, 5.74) is 3.76. The number of carboxylic acid groups (broad SMARTS) is 2. The molecule has 4 aromatic heterocycles. The number of benzene rings is 4. The SMILES string of the molecule is Cc1cccc(Cl)c1-c1noc(C2CC2)c1COc1ccc(C2(O)CN(c3cc(C(=O)O)ccn3)C2)c(Cl)c1.O=C(O)c1ccc(N2CC(O)(c3ccc(OCc4c(-c5c(Cl)cc(F)cc5Cl)noc4C4CC4)cc3Cl)C2)nc1. The normalized spacial score (nSPS) is 16.1. The zero-order chi connectivity index (χ0) is 55.5. The number of β-amino-alcohol motifs (C(OH)–C–C–N with tert-alkyl or cyclic N) is 2. The van der Waals surface area contributed by atoms with Gasteiger partial charge in [0.2, 0.25) is 0 Å². The van der Waals surface area contributed by atoms with Gasteiger partial charge in [-0.3, -0.25) is 0 Å². The van der Waals surface area contributed by atoms with E-state index in [9.17, 15) is 29.3 Å². The number of hydrogen-bond acceptors (Lipinski definition) is 14. The Morgan fingerprint density at radius 3 is 1.61 bits per heavy atom. The van der Waals surface area contributed by atoms with Crippen LogP contribution in [0.2, 0.25) is 25.1 Å². The molecule has 2 aliphatic heterocycles. The monoisotopic (exact) mass is 1170 g/mol. The summed E-state index contributed by atoms with van der Waals surface area (Å²) in [4.78, 5) is 34.3. The molecule has 0 atom stereocenters. The van der Waals surface area contributed by atoms with Crippen molar-refractivity contribution in [2.45, 2.75) is 68.9 Å². The number of carbonyl (C=O) groups is 2. The zero-order valence-electron chi connectivity index (χ0n) is 41.7. The van der Waals surface area contributed by atoms with E-state index in [1.165, 1.54) is 42.7 Å². The van der Waals surface area contributed by atoms with Gasteiger partial charge in [-0.05, 0) is 105 Å². The Bertz CT molecular complexity index is 3630. The molecule has 8 aromatic rings. The third kappa shape index (κ3) is 11.1. The molecule has 2 saturated heterocycles. The molecule has 0 amide bonds. The average molecular weight is 1170 g/mol. The number of carboxylic acids is 2. The van der Waals surface area contributed by atoms with Gasteiger partial charge >= 0.3 is 11.9 Å². The number of pyridine rings is 2. The van der Waals surface area contributed by atoms with E-state index in [2.05, 4.69) is 20.3 Å². The summed E-state index contributed by atoms with van der Waals surface area (Å²) >= 11 is 32.3. The minimum absolute atomic E-state index is 0.0838. The van der Waals surface area contributed by atoms with Crippen molar-refractivity contribution < 1.29 is 52.9 Å². The van der Waals surface area contributed by atoms with Crippen molar-refractivity contribution in [3.05, 3.63) is 185 Å². The fourth-order valence-electron chi connectivity index (χ4n) is 9.84. The van der Waals surface area contributed by atoms with Crippen LogP contribution in [0.25, 0.3) is 22.5 Å². The molecule has 22 heteroatoms. The molecule has 4 N–H and O–H groups in total. The number of ether oxygens (including phenoxy) is 2. The van der Waals surface area contributed by atoms with Gasteiger partial charge in [0.15, 0.2) is 0 Å². The van der Waals surface area contributed by atoms with E-state index in [0.717, 1.165) is 48.1 Å². The number of hydrogen-bond donors (Lipinski definition) is 4. The van der Waals surface area contributed by atoms with Gasteiger partial charge in [-0.1, -0.05) is 92.6 Å². The quantitative estimate of drug-likeness (QED) is 0.0707. The van der Waals surface area contributed by atoms with Crippen molar-refractivity contribution in [3.63, 3.8) is 0 Å². The van der Waals surface area contributed by atoms with Gasteiger partial charge in [0, 0.05) is 46.5 Å². The Morgan fingerprint density at radius 2 is 1.14 bits per heavy atom. The number of aromatic carboxylic acids is 2. The highest BCUT2D eigenvalue weighted by atomic mass is 35.5. The van der Waals surface area contributed by atoms with Gasteiger partial charge in [0.05, 0.1) is 73.5 Å². The fraction of sp³-hybridized carbons (Fsp3) is 0.263. The molecule has 12 rings (SSSR count). The smallest absolute Gasteiger partial charge is 0.337 e. The highest BCUT2D eigenvalue weighted by molar-refractivity contribution is 6.39. The summed E-state index contributed by atoms with van der Waals surface area (Å²) in [6.45, 7) is 3.24. The molecule has 0 unspecified atom stereocenters. The van der Waals surface area contributed by atoms with Crippen LogP contribution in [0.15, 0.2) is 112 Å². The minimum Gasteiger partial charge on any atom is -0.489 e. The number of anilines is 2. The summed E-state index contributed by atoms with van der Waals surface area (Å²) in [6, 6.07) is 24.3. The molecule has 406 valence electrons. The molecule has 2 aliphatic carbocycles. The number of aryl methyl sites for hydroxylation is 1. The molecular weight excluding hydrogens is 1120 g/mol. The Labute approximate surface area is 475 Å². The summed E-state index contributed by atoms with van der Waals surface area (Å²) in [5.74, 6) is 1.48. The van der Waals surface area contributed by atoms with Gasteiger partial charge < -0.3 is 48.7 Å². The van der Waals surface area contributed by atoms with Crippen molar-refractivity contribution in [2.24, 2.45) is 0 Å². The van der Waals surface area contributed by atoms with E-state index in [4.69, 9.17) is 81.6 Å². The number of aliphatic hydroxyl groups is 2. The van der Waals surface area contributed by atoms with E-state index < -0.39 is 29.0 Å². The van der Waals surface area contributed by atoms with Gasteiger partial charge in [0.1, 0.15) is 76.3 Å². The molecule has 0 radical (unpaired) electrons. The molecule has 0 spiro atoms. The highest BCUT2D eigenvalue weighted by Gasteiger charge is 2.46. The molecule has 2 saturated carbocycles. The van der Waals surface area contributed by atoms with E-state index in [1.807, 2.05) is 30.0 Å². The lowest BCUT2D eigenvalue weighted by atomic mass is 9.86.